The lowest BCUT2D eigenvalue weighted by atomic mass is 10.0. The number of rotatable bonds is 71. The minimum absolute atomic E-state index is 0.0448. The van der Waals surface area contributed by atoms with Gasteiger partial charge in [0.1, 0.15) is 19.8 Å². The van der Waals surface area contributed by atoms with E-state index in [1.807, 2.05) is 21.1 Å². The summed E-state index contributed by atoms with van der Waals surface area (Å²) in [5.41, 5.74) is 0. The van der Waals surface area contributed by atoms with Crippen LogP contribution < -0.4 is 4.89 Å². The maximum atomic E-state index is 12.9. The molecule has 0 fully saturated rings. The van der Waals surface area contributed by atoms with Crippen molar-refractivity contribution in [2.45, 2.75) is 290 Å². The Morgan fingerprint density at radius 2 is 0.529 bits per heavy atom. The van der Waals surface area contributed by atoms with Gasteiger partial charge in [0.05, 0.1) is 27.7 Å². The highest BCUT2D eigenvalue weighted by atomic mass is 31.2. The van der Waals surface area contributed by atoms with E-state index in [4.69, 9.17) is 18.5 Å². The first-order valence-electron chi connectivity index (χ1n) is 40.1. The van der Waals surface area contributed by atoms with Crippen LogP contribution in [0.4, 0.5) is 0 Å². The molecule has 0 aromatic heterocycles. The van der Waals surface area contributed by atoms with Crippen LogP contribution in [0.3, 0.4) is 0 Å². The molecule has 10 heteroatoms. The van der Waals surface area contributed by atoms with E-state index in [2.05, 4.69) is 245 Å². The largest absolute Gasteiger partial charge is 0.756 e. The quantitative estimate of drug-likeness (QED) is 0.0195. The van der Waals surface area contributed by atoms with Gasteiger partial charge < -0.3 is 27.9 Å². The normalized spacial score (nSPS) is 14.3. The van der Waals surface area contributed by atoms with E-state index in [0.29, 0.717) is 23.9 Å². The van der Waals surface area contributed by atoms with Crippen LogP contribution in [0, 0.1) is 0 Å². The number of carbonyl (C=O) groups is 2. The van der Waals surface area contributed by atoms with Crippen molar-refractivity contribution in [1.29, 1.82) is 0 Å². The van der Waals surface area contributed by atoms with E-state index >= 15 is 0 Å². The summed E-state index contributed by atoms with van der Waals surface area (Å²) < 4.78 is 34.4. The first-order chi connectivity index (χ1) is 50.0. The number of phosphoric ester groups is 1. The van der Waals surface area contributed by atoms with Gasteiger partial charge in [-0.15, -0.1) is 0 Å². The summed E-state index contributed by atoms with van der Waals surface area (Å²) in [5.74, 6) is -0.861. The van der Waals surface area contributed by atoms with Crippen LogP contribution in [-0.2, 0) is 32.7 Å². The molecular weight excluding hydrogens is 1280 g/mol. The predicted octanol–water partition coefficient (Wildman–Crippen LogP) is 26.6. The minimum atomic E-state index is -4.67. The molecule has 102 heavy (non-hydrogen) atoms. The molecule has 0 aliphatic rings. The van der Waals surface area contributed by atoms with Crippen molar-refractivity contribution in [2.24, 2.45) is 0 Å². The first kappa shape index (κ1) is 96.1. The van der Waals surface area contributed by atoms with Crippen LogP contribution in [0.1, 0.15) is 284 Å². The van der Waals surface area contributed by atoms with E-state index in [-0.39, 0.29) is 26.1 Å². The van der Waals surface area contributed by atoms with Gasteiger partial charge in [-0.05, 0) is 161 Å². The number of hydrogen-bond donors (Lipinski definition) is 0. The molecule has 0 rings (SSSR count). The van der Waals surface area contributed by atoms with E-state index < -0.39 is 32.5 Å². The molecule has 0 aliphatic carbocycles. The number of phosphoric acid groups is 1. The second kappa shape index (κ2) is 79.2. The molecule has 0 spiro atoms. The standard InChI is InChI=1S/C92H146NO8P/c1-6-8-10-12-14-16-18-20-22-24-26-28-30-32-34-36-38-40-42-44-45-46-47-49-51-53-55-57-59-61-63-65-67-69-71-73-75-77-79-81-83-85-92(95)101-90(89-100-102(96,97)99-87-86-93(3,4)5)88-98-91(94)84-82-80-78-76-74-72-70-68-66-64-62-60-58-56-54-52-50-48-43-41-39-37-35-33-31-29-27-25-23-21-19-17-15-13-11-9-7-2/h8-11,14-17,20-23,26-29,32-35,38-41,44-45,47-50,53-56,59,61,65,67,90H,6-7,12-13,18-19,24-25,30-31,36-37,42-43,46,51-52,57-58,60,62-64,66,68-89H2,1-5H3/b10-8-,11-9-,16-14-,17-15-,22-20-,23-21-,28-26-,29-27-,34-32-,35-33-,40-38-,41-39-,45-44-,49-47-,50-48-,55-53-,56-54-,61-59-,67-65-. The number of hydrogen-bond acceptors (Lipinski definition) is 8. The van der Waals surface area contributed by atoms with Crippen LogP contribution in [0.25, 0.3) is 0 Å². The highest BCUT2D eigenvalue weighted by Crippen LogP contribution is 2.38. The SMILES string of the molecule is CC/C=C\C/C=C\C/C=C\C/C=C\C/C=C\C/C=C\C/C=C\C/C=C\C/C=C\C/C=C\C/C=C\CCCCCCCCCC(=O)OC(COC(=O)CCCCCCCCCCCCCC/C=C\C/C=C\C/C=C\C/C=C\C/C=C\C/C=C\C/C=C\C/C=C\CC)COP(=O)([O-])OCC[N+](C)(C)C. The lowest BCUT2D eigenvalue weighted by Crippen LogP contribution is -2.37. The number of esters is 2. The zero-order chi connectivity index (χ0) is 74.0. The van der Waals surface area contributed by atoms with Crippen molar-refractivity contribution in [3.8, 4) is 0 Å². The van der Waals surface area contributed by atoms with Gasteiger partial charge in [-0.1, -0.05) is 341 Å². The third-order valence-electron chi connectivity index (χ3n) is 16.2. The van der Waals surface area contributed by atoms with Crippen LogP contribution in [0.15, 0.2) is 231 Å². The van der Waals surface area contributed by atoms with E-state index in [9.17, 15) is 19.0 Å². The molecule has 0 saturated heterocycles. The Hall–Kier alpha value is -5.93. The van der Waals surface area contributed by atoms with Crippen molar-refractivity contribution < 1.29 is 42.1 Å². The molecule has 0 aromatic rings. The Bertz CT molecular complexity index is 2580. The van der Waals surface area contributed by atoms with Gasteiger partial charge in [0, 0.05) is 12.8 Å². The van der Waals surface area contributed by atoms with Gasteiger partial charge in [-0.3, -0.25) is 14.2 Å². The fourth-order valence-corrected chi connectivity index (χ4v) is 10.9. The summed E-state index contributed by atoms with van der Waals surface area (Å²) in [6.45, 7) is 3.98. The Morgan fingerprint density at radius 3 is 0.784 bits per heavy atom. The number of quaternary nitrogens is 1. The number of allylic oxidation sites excluding steroid dienone is 38. The van der Waals surface area contributed by atoms with Crippen LogP contribution in [0.2, 0.25) is 0 Å². The zero-order valence-electron chi connectivity index (χ0n) is 65.2. The third-order valence-corrected chi connectivity index (χ3v) is 17.1. The summed E-state index contributed by atoms with van der Waals surface area (Å²) in [6.07, 6.45) is 127. The van der Waals surface area contributed by atoms with E-state index in [1.165, 1.54) is 64.2 Å². The number of likely N-dealkylation sites (N-methyl/N-ethyl adjacent to an activating group) is 1. The third kappa shape index (κ3) is 83.0. The van der Waals surface area contributed by atoms with Gasteiger partial charge >= 0.3 is 11.9 Å². The molecule has 2 unspecified atom stereocenters. The second-order valence-electron chi connectivity index (χ2n) is 27.0. The smallest absolute Gasteiger partial charge is 0.306 e. The number of nitrogens with zero attached hydrogens (tertiary/aromatic N) is 1. The molecular formula is C92H146NO8P. The van der Waals surface area contributed by atoms with Crippen LogP contribution in [0.5, 0.6) is 0 Å². The molecule has 0 bridgehead atoms. The fourth-order valence-electron chi connectivity index (χ4n) is 10.1. The molecule has 0 N–H and O–H groups in total. The highest BCUT2D eigenvalue weighted by Gasteiger charge is 2.22. The summed E-state index contributed by atoms with van der Waals surface area (Å²) >= 11 is 0. The van der Waals surface area contributed by atoms with Gasteiger partial charge in [-0.2, -0.15) is 0 Å². The van der Waals surface area contributed by atoms with Crippen molar-refractivity contribution in [3.05, 3.63) is 231 Å². The molecule has 0 amide bonds. The first-order valence-corrected chi connectivity index (χ1v) is 41.6. The summed E-state index contributed by atoms with van der Waals surface area (Å²) in [4.78, 5) is 38.2. The lowest BCUT2D eigenvalue weighted by molar-refractivity contribution is -0.870. The van der Waals surface area contributed by atoms with Gasteiger partial charge in [-0.25, -0.2) is 0 Å². The molecule has 9 nitrogen and oxygen atoms in total. The van der Waals surface area contributed by atoms with Crippen molar-refractivity contribution in [2.75, 3.05) is 47.5 Å². The fraction of sp³-hybridized carbons (Fsp3) is 0.565. The number of carbonyl (C=O) groups excluding carboxylic acids is 2. The lowest BCUT2D eigenvalue weighted by Gasteiger charge is -2.28. The molecule has 0 aliphatic heterocycles. The van der Waals surface area contributed by atoms with Gasteiger partial charge in [0.2, 0.25) is 0 Å². The topological polar surface area (TPSA) is 111 Å². The molecule has 572 valence electrons. The summed E-state index contributed by atoms with van der Waals surface area (Å²) in [5, 5.41) is 0. The number of unbranched alkanes of at least 4 members (excludes halogenated alkanes) is 19. The van der Waals surface area contributed by atoms with Crippen molar-refractivity contribution in [3.63, 3.8) is 0 Å². The van der Waals surface area contributed by atoms with Gasteiger partial charge in [0.15, 0.2) is 6.10 Å². The number of ether oxygens (including phenoxy) is 2. The molecule has 0 heterocycles. The summed E-state index contributed by atoms with van der Waals surface area (Å²) in [6, 6.07) is 0. The maximum Gasteiger partial charge on any atom is 0.306 e. The van der Waals surface area contributed by atoms with Crippen LogP contribution in [-0.4, -0.2) is 70.0 Å². The van der Waals surface area contributed by atoms with Gasteiger partial charge in [0.25, 0.3) is 7.82 Å². The van der Waals surface area contributed by atoms with E-state index in [0.717, 1.165) is 180 Å². The average molecular weight is 1430 g/mol. The molecule has 2 atom stereocenters. The van der Waals surface area contributed by atoms with E-state index in [1.54, 1.807) is 0 Å². The highest BCUT2D eigenvalue weighted by molar-refractivity contribution is 7.45. The Labute approximate surface area is 626 Å². The van der Waals surface area contributed by atoms with Crippen molar-refractivity contribution in [1.82, 2.24) is 0 Å². The monoisotopic (exact) mass is 1420 g/mol. The second-order valence-corrected chi connectivity index (χ2v) is 28.4. The average Bonchev–Trinajstić information content (AvgIpc) is 0.916. The van der Waals surface area contributed by atoms with Crippen LogP contribution >= 0.6 is 7.82 Å². The van der Waals surface area contributed by atoms with Crippen molar-refractivity contribution >= 4 is 19.8 Å². The Kier molecular flexibility index (Phi) is 74.6. The molecule has 0 radical (unpaired) electrons. The Balaban J connectivity index is 4.12. The Morgan fingerprint density at radius 1 is 0.304 bits per heavy atom. The summed E-state index contributed by atoms with van der Waals surface area (Å²) in [7, 11) is 1.13. The minimum Gasteiger partial charge on any atom is -0.756 e. The maximum absolute atomic E-state index is 12.9. The predicted molar refractivity (Wildman–Crippen MR) is 442 cm³/mol. The molecule has 0 saturated carbocycles. The zero-order valence-corrected chi connectivity index (χ0v) is 66.1. The molecule has 0 aromatic carbocycles.